The van der Waals surface area contributed by atoms with Gasteiger partial charge in [0.15, 0.2) is 0 Å². The van der Waals surface area contributed by atoms with Gasteiger partial charge in [-0.3, -0.25) is 9.78 Å². The van der Waals surface area contributed by atoms with Crippen molar-refractivity contribution in [2.45, 2.75) is 70.4 Å². The predicted octanol–water partition coefficient (Wildman–Crippen LogP) is 4.19. The highest BCUT2D eigenvalue weighted by Gasteiger charge is 2.33. The van der Waals surface area contributed by atoms with Crippen LogP contribution in [0.2, 0.25) is 0 Å². The van der Waals surface area contributed by atoms with E-state index in [1.54, 1.807) is 12.4 Å². The number of anilines is 2. The first-order valence-corrected chi connectivity index (χ1v) is 11.5. The number of piperidine rings is 1. The molecule has 0 radical (unpaired) electrons. The van der Waals surface area contributed by atoms with Crippen molar-refractivity contribution in [2.75, 3.05) is 18.4 Å². The molecule has 2 aromatic rings. The summed E-state index contributed by atoms with van der Waals surface area (Å²) in [5.74, 6) is 1.99. The second kappa shape index (κ2) is 8.98. The summed E-state index contributed by atoms with van der Waals surface area (Å²) in [6.07, 6.45) is 10.8. The third-order valence-electron chi connectivity index (χ3n) is 6.11. The van der Waals surface area contributed by atoms with Crippen LogP contribution in [-0.4, -0.2) is 49.9 Å². The normalized spacial score (nSPS) is 20.5. The molecular weight excluding hydrogens is 400 g/mol. The number of carbonyl (C=O) groups excluding carboxylic acids is 1. The van der Waals surface area contributed by atoms with Crippen molar-refractivity contribution < 1.29 is 4.79 Å². The number of pyridine rings is 1. The monoisotopic (exact) mass is 434 g/mol. The molecule has 0 aliphatic carbocycles. The van der Waals surface area contributed by atoms with Crippen LogP contribution in [0, 0.1) is 0 Å². The first kappa shape index (κ1) is 22.4. The van der Waals surface area contributed by atoms with E-state index in [1.807, 2.05) is 29.3 Å². The fraction of sp³-hybridized carbons (Fsp3) is 0.520. The Morgan fingerprint density at radius 2 is 1.94 bits per heavy atom. The maximum absolute atomic E-state index is 13.0. The zero-order chi connectivity index (χ0) is 22.8. The molecule has 2 N–H and O–H groups in total. The number of aromatic nitrogens is 3. The van der Waals surface area contributed by atoms with Gasteiger partial charge in [-0.05, 0) is 59.1 Å². The van der Waals surface area contributed by atoms with Crippen molar-refractivity contribution in [1.29, 1.82) is 0 Å². The molecular formula is C25H34N6O. The smallest absolute Gasteiger partial charge is 0.226 e. The van der Waals surface area contributed by atoms with Crippen LogP contribution >= 0.6 is 0 Å². The van der Waals surface area contributed by atoms with Gasteiger partial charge in [-0.2, -0.15) is 0 Å². The number of carbonyl (C=O) groups is 1. The number of hydrogen-bond donors (Lipinski definition) is 2. The maximum atomic E-state index is 13.0. The van der Waals surface area contributed by atoms with Crippen molar-refractivity contribution >= 4 is 17.5 Å². The Labute approximate surface area is 190 Å². The lowest BCUT2D eigenvalue weighted by atomic mass is 9.82. The molecule has 32 heavy (non-hydrogen) atoms. The van der Waals surface area contributed by atoms with Gasteiger partial charge >= 0.3 is 0 Å². The second-order valence-electron chi connectivity index (χ2n) is 10.2. The Morgan fingerprint density at radius 3 is 2.62 bits per heavy atom. The molecule has 2 aromatic heterocycles. The zero-order valence-corrected chi connectivity index (χ0v) is 19.6. The SMILES string of the molecule is CC1(C)C=C(CC(=O)N2CCC(c3cncc(Nc4ccccn4)n3)CC2)CC(C)(C)N1. The molecule has 0 atom stereocenters. The van der Waals surface area contributed by atoms with E-state index in [0.29, 0.717) is 18.2 Å². The molecule has 0 bridgehead atoms. The van der Waals surface area contributed by atoms with Crippen LogP contribution in [0.15, 0.2) is 48.4 Å². The lowest BCUT2D eigenvalue weighted by Crippen LogP contribution is -2.54. The van der Waals surface area contributed by atoms with Gasteiger partial charge in [0.2, 0.25) is 5.91 Å². The van der Waals surface area contributed by atoms with Crippen molar-refractivity contribution in [3.05, 3.63) is 54.1 Å². The molecule has 7 heteroatoms. The van der Waals surface area contributed by atoms with E-state index in [1.165, 1.54) is 5.57 Å². The summed E-state index contributed by atoms with van der Waals surface area (Å²) in [4.78, 5) is 28.4. The number of likely N-dealkylation sites (tertiary alicyclic amines) is 1. The van der Waals surface area contributed by atoms with E-state index >= 15 is 0 Å². The predicted molar refractivity (Wildman–Crippen MR) is 127 cm³/mol. The minimum absolute atomic E-state index is 0.00779. The molecule has 1 fully saturated rings. The third kappa shape index (κ3) is 5.71. The molecule has 7 nitrogen and oxygen atoms in total. The minimum atomic E-state index is -0.0860. The third-order valence-corrected chi connectivity index (χ3v) is 6.11. The molecule has 0 saturated carbocycles. The van der Waals surface area contributed by atoms with Gasteiger partial charge in [0.05, 0.1) is 11.9 Å². The fourth-order valence-electron chi connectivity index (χ4n) is 5.13. The quantitative estimate of drug-likeness (QED) is 0.687. The standard InChI is InChI=1S/C25H34N6O/c1-24(2)14-18(15-25(3,4)30-24)13-23(32)31-11-8-19(9-12-31)20-16-26-17-22(28-20)29-21-7-5-6-10-27-21/h5-7,10,14,16-17,19,30H,8-9,11-13,15H2,1-4H3,(H,27,28,29). The summed E-state index contributed by atoms with van der Waals surface area (Å²) in [5, 5.41) is 6.84. The Hall–Kier alpha value is -2.80. The molecule has 4 heterocycles. The Morgan fingerprint density at radius 1 is 1.16 bits per heavy atom. The summed E-state index contributed by atoms with van der Waals surface area (Å²) in [5.41, 5.74) is 2.14. The summed E-state index contributed by atoms with van der Waals surface area (Å²) in [6.45, 7) is 10.3. The molecule has 0 unspecified atom stereocenters. The van der Waals surface area contributed by atoms with E-state index in [2.05, 4.69) is 54.4 Å². The lowest BCUT2D eigenvalue weighted by Gasteiger charge is -2.41. The van der Waals surface area contributed by atoms with Gasteiger partial charge in [0.1, 0.15) is 11.6 Å². The van der Waals surface area contributed by atoms with Crippen molar-refractivity contribution in [2.24, 2.45) is 0 Å². The Bertz CT molecular complexity index is 977. The van der Waals surface area contributed by atoms with E-state index in [0.717, 1.165) is 43.9 Å². The molecule has 0 spiro atoms. The van der Waals surface area contributed by atoms with Crippen molar-refractivity contribution in [3.8, 4) is 0 Å². The molecule has 2 aliphatic rings. The van der Waals surface area contributed by atoms with Gasteiger partial charge in [-0.15, -0.1) is 0 Å². The van der Waals surface area contributed by atoms with E-state index < -0.39 is 0 Å². The summed E-state index contributed by atoms with van der Waals surface area (Å²) < 4.78 is 0. The molecule has 2 aliphatic heterocycles. The number of hydrogen-bond acceptors (Lipinski definition) is 6. The highest BCUT2D eigenvalue weighted by molar-refractivity contribution is 5.79. The zero-order valence-electron chi connectivity index (χ0n) is 19.6. The lowest BCUT2D eigenvalue weighted by molar-refractivity contribution is -0.131. The summed E-state index contributed by atoms with van der Waals surface area (Å²) in [6, 6.07) is 5.71. The fourth-order valence-corrected chi connectivity index (χ4v) is 5.13. The average molecular weight is 435 g/mol. The summed E-state index contributed by atoms with van der Waals surface area (Å²) in [7, 11) is 0. The Kier molecular flexibility index (Phi) is 6.29. The second-order valence-corrected chi connectivity index (χ2v) is 10.2. The van der Waals surface area contributed by atoms with Gasteiger partial charge < -0.3 is 15.5 Å². The first-order chi connectivity index (χ1) is 15.2. The molecule has 170 valence electrons. The van der Waals surface area contributed by atoms with Crippen LogP contribution in [0.3, 0.4) is 0 Å². The van der Waals surface area contributed by atoms with Crippen LogP contribution < -0.4 is 10.6 Å². The molecule has 0 aromatic carbocycles. The van der Waals surface area contributed by atoms with Gasteiger partial charge in [-0.25, -0.2) is 9.97 Å². The first-order valence-electron chi connectivity index (χ1n) is 11.5. The van der Waals surface area contributed by atoms with Crippen LogP contribution in [0.1, 0.15) is 65.0 Å². The number of nitrogens with one attached hydrogen (secondary N) is 2. The van der Waals surface area contributed by atoms with E-state index in [9.17, 15) is 4.79 Å². The van der Waals surface area contributed by atoms with E-state index in [4.69, 9.17) is 4.98 Å². The van der Waals surface area contributed by atoms with Gasteiger partial charge in [0.25, 0.3) is 0 Å². The Balaban J connectivity index is 1.34. The maximum Gasteiger partial charge on any atom is 0.226 e. The van der Waals surface area contributed by atoms with Gasteiger partial charge in [0, 0.05) is 48.9 Å². The van der Waals surface area contributed by atoms with Crippen LogP contribution in [0.4, 0.5) is 11.6 Å². The average Bonchev–Trinajstić information content (AvgIpc) is 2.72. The molecule has 1 saturated heterocycles. The highest BCUT2D eigenvalue weighted by atomic mass is 16.2. The van der Waals surface area contributed by atoms with Crippen LogP contribution in [0.5, 0.6) is 0 Å². The van der Waals surface area contributed by atoms with Crippen molar-refractivity contribution in [1.82, 2.24) is 25.2 Å². The summed E-state index contributed by atoms with van der Waals surface area (Å²) >= 11 is 0. The largest absolute Gasteiger partial charge is 0.342 e. The topological polar surface area (TPSA) is 83.0 Å². The van der Waals surface area contributed by atoms with Crippen LogP contribution in [-0.2, 0) is 4.79 Å². The minimum Gasteiger partial charge on any atom is -0.342 e. The van der Waals surface area contributed by atoms with Crippen molar-refractivity contribution in [3.63, 3.8) is 0 Å². The number of rotatable bonds is 5. The number of amides is 1. The number of nitrogens with zero attached hydrogens (tertiary/aromatic N) is 4. The molecule has 1 amide bonds. The highest BCUT2D eigenvalue weighted by Crippen LogP contribution is 2.31. The van der Waals surface area contributed by atoms with Crippen LogP contribution in [0.25, 0.3) is 0 Å². The molecule has 4 rings (SSSR count). The van der Waals surface area contributed by atoms with E-state index in [-0.39, 0.29) is 17.0 Å². The van der Waals surface area contributed by atoms with Gasteiger partial charge in [-0.1, -0.05) is 17.7 Å².